The fraction of sp³-hybridized carbons (Fsp3) is 0.148. The number of hydrogen-bond acceptors (Lipinski definition) is 4. The van der Waals surface area contributed by atoms with Crippen molar-refractivity contribution in [3.63, 3.8) is 0 Å². The molecular formula is C27H25N3O3. The quantitative estimate of drug-likeness (QED) is 0.413. The fourth-order valence-corrected chi connectivity index (χ4v) is 3.75. The maximum absolute atomic E-state index is 13.5. The number of oxazole rings is 1. The molecule has 2 amide bonds. The van der Waals surface area contributed by atoms with Crippen molar-refractivity contribution in [2.45, 2.75) is 19.9 Å². The van der Waals surface area contributed by atoms with Crippen molar-refractivity contribution in [1.29, 1.82) is 0 Å². The Morgan fingerprint density at radius 3 is 2.27 bits per heavy atom. The molecule has 4 aromatic rings. The molecule has 1 unspecified atom stereocenters. The zero-order chi connectivity index (χ0) is 23.2. The Kier molecular flexibility index (Phi) is 6.64. The lowest BCUT2D eigenvalue weighted by molar-refractivity contribution is 0.0933. The summed E-state index contributed by atoms with van der Waals surface area (Å²) < 4.78 is 5.63. The van der Waals surface area contributed by atoms with Gasteiger partial charge < -0.3 is 14.6 Å². The van der Waals surface area contributed by atoms with E-state index in [0.29, 0.717) is 17.7 Å². The Balaban J connectivity index is 1.65. The van der Waals surface area contributed by atoms with E-state index in [1.54, 1.807) is 23.1 Å². The molecule has 0 spiro atoms. The van der Waals surface area contributed by atoms with E-state index in [0.717, 1.165) is 11.3 Å². The molecule has 1 atom stereocenters. The molecule has 4 rings (SSSR count). The van der Waals surface area contributed by atoms with Crippen molar-refractivity contribution in [2.24, 2.45) is 0 Å². The second-order valence-electron chi connectivity index (χ2n) is 7.57. The van der Waals surface area contributed by atoms with E-state index in [1.165, 1.54) is 6.39 Å². The Morgan fingerprint density at radius 2 is 1.58 bits per heavy atom. The van der Waals surface area contributed by atoms with Gasteiger partial charge in [0.15, 0.2) is 17.8 Å². The van der Waals surface area contributed by atoms with Crippen LogP contribution < -0.4 is 10.2 Å². The van der Waals surface area contributed by atoms with Gasteiger partial charge in [0.1, 0.15) is 0 Å². The largest absolute Gasteiger partial charge is 0.443 e. The summed E-state index contributed by atoms with van der Waals surface area (Å²) in [6.07, 6.45) is 1.23. The van der Waals surface area contributed by atoms with Crippen LogP contribution in [0.5, 0.6) is 0 Å². The number of carbonyl (C=O) groups excluding carboxylic acids is 2. The Morgan fingerprint density at radius 1 is 0.939 bits per heavy atom. The van der Waals surface area contributed by atoms with Crippen LogP contribution in [0, 0.1) is 0 Å². The normalized spacial score (nSPS) is 11.6. The third kappa shape index (κ3) is 4.70. The molecule has 1 heterocycles. The highest BCUT2D eigenvalue weighted by Gasteiger charge is 2.26. The fourth-order valence-electron chi connectivity index (χ4n) is 3.75. The van der Waals surface area contributed by atoms with Crippen molar-refractivity contribution in [3.8, 4) is 11.3 Å². The zero-order valence-corrected chi connectivity index (χ0v) is 18.6. The molecule has 0 aliphatic heterocycles. The van der Waals surface area contributed by atoms with E-state index >= 15 is 0 Å². The first-order chi connectivity index (χ1) is 16.1. The van der Waals surface area contributed by atoms with Gasteiger partial charge >= 0.3 is 0 Å². The number of amides is 2. The van der Waals surface area contributed by atoms with Gasteiger partial charge in [-0.1, -0.05) is 66.7 Å². The molecule has 0 aliphatic carbocycles. The van der Waals surface area contributed by atoms with Crippen molar-refractivity contribution in [1.82, 2.24) is 10.3 Å². The second-order valence-corrected chi connectivity index (χ2v) is 7.57. The summed E-state index contributed by atoms with van der Waals surface area (Å²) >= 11 is 0. The molecule has 0 saturated heterocycles. The first kappa shape index (κ1) is 22.0. The molecule has 0 bridgehead atoms. The van der Waals surface area contributed by atoms with Gasteiger partial charge in [-0.15, -0.1) is 0 Å². The maximum atomic E-state index is 13.5. The summed E-state index contributed by atoms with van der Waals surface area (Å²) in [5.41, 5.74) is 2.87. The van der Waals surface area contributed by atoms with Crippen LogP contribution in [0.1, 0.15) is 46.3 Å². The smallest absolute Gasteiger partial charge is 0.274 e. The number of benzene rings is 3. The van der Waals surface area contributed by atoms with Gasteiger partial charge in [0.25, 0.3) is 11.8 Å². The van der Waals surface area contributed by atoms with Gasteiger partial charge in [-0.05, 0) is 37.6 Å². The molecule has 166 valence electrons. The van der Waals surface area contributed by atoms with Gasteiger partial charge in [-0.2, -0.15) is 0 Å². The summed E-state index contributed by atoms with van der Waals surface area (Å²) in [7, 11) is 0. The van der Waals surface area contributed by atoms with Crippen molar-refractivity contribution >= 4 is 17.5 Å². The molecule has 0 aliphatic rings. The van der Waals surface area contributed by atoms with Crippen molar-refractivity contribution in [2.75, 3.05) is 11.4 Å². The van der Waals surface area contributed by atoms with Crippen LogP contribution in [-0.4, -0.2) is 23.3 Å². The van der Waals surface area contributed by atoms with Crippen LogP contribution in [0.3, 0.4) is 0 Å². The van der Waals surface area contributed by atoms with E-state index in [2.05, 4.69) is 10.3 Å². The number of nitrogens with one attached hydrogen (secondary N) is 1. The lowest BCUT2D eigenvalue weighted by Crippen LogP contribution is -2.31. The highest BCUT2D eigenvalue weighted by molar-refractivity contribution is 6.11. The zero-order valence-electron chi connectivity index (χ0n) is 18.6. The number of anilines is 1. The molecule has 0 radical (unpaired) electrons. The molecule has 33 heavy (non-hydrogen) atoms. The summed E-state index contributed by atoms with van der Waals surface area (Å²) in [6.45, 7) is 4.32. The van der Waals surface area contributed by atoms with Crippen LogP contribution in [0.25, 0.3) is 11.3 Å². The van der Waals surface area contributed by atoms with Crippen LogP contribution >= 0.6 is 0 Å². The minimum absolute atomic E-state index is 0.140. The average molecular weight is 440 g/mol. The number of para-hydroxylation sites is 1. The predicted molar refractivity (Wildman–Crippen MR) is 128 cm³/mol. The van der Waals surface area contributed by atoms with Gasteiger partial charge in [-0.25, -0.2) is 4.98 Å². The van der Waals surface area contributed by atoms with Gasteiger partial charge in [0, 0.05) is 17.8 Å². The number of rotatable bonds is 7. The first-order valence-electron chi connectivity index (χ1n) is 10.9. The molecular weight excluding hydrogens is 414 g/mol. The van der Waals surface area contributed by atoms with E-state index in [4.69, 9.17) is 4.42 Å². The second kappa shape index (κ2) is 9.96. The lowest BCUT2D eigenvalue weighted by Gasteiger charge is -2.22. The lowest BCUT2D eigenvalue weighted by atomic mass is 10.0. The SMILES string of the molecule is CCN(C(=O)c1ccccc1-c1ocnc1C(=O)NC(C)c1ccccc1)c1ccccc1. The Bertz CT molecular complexity index is 1240. The number of nitrogens with zero attached hydrogens (tertiary/aromatic N) is 2. The van der Waals surface area contributed by atoms with E-state index in [9.17, 15) is 9.59 Å². The third-order valence-corrected chi connectivity index (χ3v) is 5.46. The number of carbonyl (C=O) groups is 2. The highest BCUT2D eigenvalue weighted by atomic mass is 16.3. The van der Waals surface area contributed by atoms with Gasteiger partial charge in [-0.3, -0.25) is 9.59 Å². The number of hydrogen-bond donors (Lipinski definition) is 1. The Hall–Kier alpha value is -4.19. The molecule has 1 aromatic heterocycles. The number of aromatic nitrogens is 1. The average Bonchev–Trinajstić information content (AvgIpc) is 3.36. The minimum atomic E-state index is -0.368. The first-order valence-corrected chi connectivity index (χ1v) is 10.9. The molecule has 6 nitrogen and oxygen atoms in total. The van der Waals surface area contributed by atoms with Crippen LogP contribution in [0.4, 0.5) is 5.69 Å². The molecule has 3 aromatic carbocycles. The molecule has 1 N–H and O–H groups in total. The topological polar surface area (TPSA) is 75.4 Å². The minimum Gasteiger partial charge on any atom is -0.443 e. The molecule has 0 saturated carbocycles. The standard InChI is InChI=1S/C27H25N3O3/c1-3-30(21-14-8-5-9-15-21)27(32)23-17-11-10-16-22(23)25-24(28-18-33-25)26(31)29-19(2)20-12-6-4-7-13-20/h4-19H,3H2,1-2H3,(H,29,31). The van der Waals surface area contributed by atoms with E-state index in [1.807, 2.05) is 80.6 Å². The van der Waals surface area contributed by atoms with Crippen molar-refractivity contribution in [3.05, 3.63) is 108 Å². The maximum Gasteiger partial charge on any atom is 0.274 e. The van der Waals surface area contributed by atoms with Gasteiger partial charge in [0.2, 0.25) is 0 Å². The highest BCUT2D eigenvalue weighted by Crippen LogP contribution is 2.29. The molecule has 6 heteroatoms. The summed E-state index contributed by atoms with van der Waals surface area (Å²) in [5.74, 6) is -0.284. The third-order valence-electron chi connectivity index (χ3n) is 5.46. The van der Waals surface area contributed by atoms with E-state index in [-0.39, 0.29) is 29.3 Å². The van der Waals surface area contributed by atoms with E-state index < -0.39 is 0 Å². The predicted octanol–water partition coefficient (Wildman–Crippen LogP) is 5.50. The molecule has 0 fully saturated rings. The Labute approximate surface area is 192 Å². The summed E-state index contributed by atoms with van der Waals surface area (Å²) in [4.78, 5) is 32.4. The van der Waals surface area contributed by atoms with Crippen LogP contribution in [-0.2, 0) is 0 Å². The summed E-state index contributed by atoms with van der Waals surface area (Å²) in [6, 6.07) is 26.0. The van der Waals surface area contributed by atoms with Crippen molar-refractivity contribution < 1.29 is 14.0 Å². The summed E-state index contributed by atoms with van der Waals surface area (Å²) in [5, 5.41) is 2.96. The monoisotopic (exact) mass is 439 g/mol. The van der Waals surface area contributed by atoms with Crippen LogP contribution in [0.2, 0.25) is 0 Å². The van der Waals surface area contributed by atoms with Crippen LogP contribution in [0.15, 0.2) is 95.7 Å². The van der Waals surface area contributed by atoms with Gasteiger partial charge in [0.05, 0.1) is 11.6 Å².